The Bertz CT molecular complexity index is 574. The number of rotatable bonds is 3. The summed E-state index contributed by atoms with van der Waals surface area (Å²) >= 11 is 0. The molecule has 5 nitrogen and oxygen atoms in total. The van der Waals surface area contributed by atoms with E-state index in [2.05, 4.69) is 10.1 Å². The molecule has 1 fully saturated rings. The summed E-state index contributed by atoms with van der Waals surface area (Å²) in [6, 6.07) is 5.77. The van der Waals surface area contributed by atoms with E-state index < -0.39 is 0 Å². The zero-order valence-electron chi connectivity index (χ0n) is 10.9. The second-order valence-corrected chi connectivity index (χ2v) is 5.02. The van der Waals surface area contributed by atoms with Gasteiger partial charge in [0.25, 0.3) is 5.89 Å². The van der Waals surface area contributed by atoms with Crippen LogP contribution in [0.4, 0.5) is 5.69 Å². The smallest absolute Gasteiger partial charge is 0.257 e. The van der Waals surface area contributed by atoms with Crippen molar-refractivity contribution in [3.63, 3.8) is 0 Å². The molecule has 2 N–H and O–H groups in total. The molecule has 5 heteroatoms. The topological polar surface area (TPSA) is 74.2 Å². The fourth-order valence-electron chi connectivity index (χ4n) is 2.23. The van der Waals surface area contributed by atoms with Crippen LogP contribution in [-0.4, -0.2) is 23.4 Å². The number of ether oxygens (including phenoxy) is 1. The SMILES string of the molecule is Cc1ccc(-c2nc(CC3CCOC3)no2)cc1N. The van der Waals surface area contributed by atoms with Gasteiger partial charge in [-0.25, -0.2) is 0 Å². The third-order valence-corrected chi connectivity index (χ3v) is 3.49. The van der Waals surface area contributed by atoms with Gasteiger partial charge in [0.1, 0.15) is 0 Å². The molecule has 1 atom stereocenters. The van der Waals surface area contributed by atoms with Gasteiger partial charge in [0, 0.05) is 30.9 Å². The van der Waals surface area contributed by atoms with Crippen molar-refractivity contribution in [2.45, 2.75) is 19.8 Å². The van der Waals surface area contributed by atoms with E-state index in [1.807, 2.05) is 25.1 Å². The summed E-state index contributed by atoms with van der Waals surface area (Å²) in [6.45, 7) is 3.60. The molecule has 1 saturated heterocycles. The van der Waals surface area contributed by atoms with Gasteiger partial charge in [0.05, 0.1) is 0 Å². The van der Waals surface area contributed by atoms with Crippen molar-refractivity contribution in [2.24, 2.45) is 5.92 Å². The van der Waals surface area contributed by atoms with Gasteiger partial charge in [-0.1, -0.05) is 11.2 Å². The maximum absolute atomic E-state index is 5.89. The average Bonchev–Trinajstić information content (AvgIpc) is 3.05. The predicted octanol–water partition coefficient (Wildman–Crippen LogP) is 2.21. The van der Waals surface area contributed by atoms with Crippen molar-refractivity contribution < 1.29 is 9.26 Å². The molecule has 19 heavy (non-hydrogen) atoms. The molecule has 1 aliphatic rings. The minimum Gasteiger partial charge on any atom is -0.398 e. The summed E-state index contributed by atoms with van der Waals surface area (Å²) in [6.07, 6.45) is 1.88. The summed E-state index contributed by atoms with van der Waals surface area (Å²) < 4.78 is 10.6. The minimum atomic E-state index is 0.508. The molecular weight excluding hydrogens is 242 g/mol. The number of hydrogen-bond acceptors (Lipinski definition) is 5. The molecule has 100 valence electrons. The van der Waals surface area contributed by atoms with Crippen LogP contribution in [0.1, 0.15) is 17.8 Å². The lowest BCUT2D eigenvalue weighted by molar-refractivity contribution is 0.185. The molecule has 0 saturated carbocycles. The lowest BCUT2D eigenvalue weighted by Gasteiger charge is -2.01. The Morgan fingerprint density at radius 2 is 2.32 bits per heavy atom. The summed E-state index contributed by atoms with van der Waals surface area (Å²) in [4.78, 5) is 4.43. The minimum absolute atomic E-state index is 0.508. The number of hydrogen-bond donors (Lipinski definition) is 1. The van der Waals surface area contributed by atoms with Crippen molar-refractivity contribution in [1.82, 2.24) is 10.1 Å². The first kappa shape index (κ1) is 12.2. The molecule has 2 heterocycles. The van der Waals surface area contributed by atoms with E-state index in [1.54, 1.807) is 0 Å². The Morgan fingerprint density at radius 3 is 3.05 bits per heavy atom. The fourth-order valence-corrected chi connectivity index (χ4v) is 2.23. The first-order valence-corrected chi connectivity index (χ1v) is 6.49. The van der Waals surface area contributed by atoms with Crippen LogP contribution in [0.3, 0.4) is 0 Å². The van der Waals surface area contributed by atoms with Crippen LogP contribution >= 0.6 is 0 Å². The molecule has 1 unspecified atom stereocenters. The van der Waals surface area contributed by atoms with Gasteiger partial charge in [-0.05, 0) is 37.0 Å². The van der Waals surface area contributed by atoms with Gasteiger partial charge in [-0.3, -0.25) is 0 Å². The highest BCUT2D eigenvalue weighted by molar-refractivity contribution is 5.62. The lowest BCUT2D eigenvalue weighted by atomic mass is 10.1. The Balaban J connectivity index is 1.78. The number of aromatic nitrogens is 2. The molecule has 0 aliphatic carbocycles. The van der Waals surface area contributed by atoms with Crippen molar-refractivity contribution in [2.75, 3.05) is 18.9 Å². The fraction of sp³-hybridized carbons (Fsp3) is 0.429. The van der Waals surface area contributed by atoms with Crippen LogP contribution in [-0.2, 0) is 11.2 Å². The number of nitrogens with zero attached hydrogens (tertiary/aromatic N) is 2. The number of aryl methyl sites for hydroxylation is 1. The predicted molar refractivity (Wildman–Crippen MR) is 71.5 cm³/mol. The summed E-state index contributed by atoms with van der Waals surface area (Å²) in [7, 11) is 0. The van der Waals surface area contributed by atoms with Gasteiger partial charge in [-0.15, -0.1) is 0 Å². The van der Waals surface area contributed by atoms with E-state index in [9.17, 15) is 0 Å². The number of benzene rings is 1. The third kappa shape index (κ3) is 2.61. The highest BCUT2D eigenvalue weighted by atomic mass is 16.5. The van der Waals surface area contributed by atoms with Gasteiger partial charge >= 0.3 is 0 Å². The largest absolute Gasteiger partial charge is 0.398 e. The van der Waals surface area contributed by atoms with E-state index in [4.69, 9.17) is 15.0 Å². The highest BCUT2D eigenvalue weighted by Crippen LogP contribution is 2.23. The standard InChI is InChI=1S/C14H17N3O2/c1-9-2-3-11(7-12(9)15)14-16-13(17-19-14)6-10-4-5-18-8-10/h2-3,7,10H,4-6,8,15H2,1H3. The van der Waals surface area contributed by atoms with Crippen molar-refractivity contribution in [1.29, 1.82) is 0 Å². The van der Waals surface area contributed by atoms with Crippen LogP contribution in [0.5, 0.6) is 0 Å². The van der Waals surface area contributed by atoms with E-state index in [-0.39, 0.29) is 0 Å². The zero-order chi connectivity index (χ0) is 13.2. The first-order valence-electron chi connectivity index (χ1n) is 6.49. The van der Waals surface area contributed by atoms with Crippen LogP contribution in [0, 0.1) is 12.8 Å². The van der Waals surface area contributed by atoms with Crippen molar-refractivity contribution >= 4 is 5.69 Å². The average molecular weight is 259 g/mol. The molecular formula is C14H17N3O2. The van der Waals surface area contributed by atoms with Crippen molar-refractivity contribution in [3.8, 4) is 11.5 Å². The second-order valence-electron chi connectivity index (χ2n) is 5.02. The van der Waals surface area contributed by atoms with Crippen LogP contribution < -0.4 is 5.73 Å². The maximum Gasteiger partial charge on any atom is 0.257 e. The normalized spacial score (nSPS) is 18.9. The van der Waals surface area contributed by atoms with E-state index >= 15 is 0 Å². The van der Waals surface area contributed by atoms with Gasteiger partial charge in [0.2, 0.25) is 0 Å². The molecule has 0 amide bonds. The number of anilines is 1. The molecule has 0 radical (unpaired) electrons. The monoisotopic (exact) mass is 259 g/mol. The Kier molecular flexibility index (Phi) is 3.21. The second kappa shape index (κ2) is 5.01. The maximum atomic E-state index is 5.89. The molecule has 3 rings (SSSR count). The molecule has 1 aliphatic heterocycles. The molecule has 1 aromatic carbocycles. The number of nitrogen functional groups attached to an aromatic ring is 1. The third-order valence-electron chi connectivity index (χ3n) is 3.49. The lowest BCUT2D eigenvalue weighted by Crippen LogP contribution is -2.04. The zero-order valence-corrected chi connectivity index (χ0v) is 10.9. The first-order chi connectivity index (χ1) is 9.22. The Hall–Kier alpha value is -1.88. The molecule has 2 aromatic rings. The Morgan fingerprint density at radius 1 is 1.42 bits per heavy atom. The van der Waals surface area contributed by atoms with Gasteiger partial charge < -0.3 is 15.0 Å². The van der Waals surface area contributed by atoms with E-state index in [0.29, 0.717) is 11.8 Å². The highest BCUT2D eigenvalue weighted by Gasteiger charge is 2.19. The Labute approximate surface area is 111 Å². The summed E-state index contributed by atoms with van der Waals surface area (Å²) in [5, 5.41) is 4.03. The van der Waals surface area contributed by atoms with Crippen LogP contribution in [0.2, 0.25) is 0 Å². The molecule has 0 bridgehead atoms. The van der Waals surface area contributed by atoms with Crippen LogP contribution in [0.25, 0.3) is 11.5 Å². The van der Waals surface area contributed by atoms with E-state index in [0.717, 1.165) is 48.7 Å². The van der Waals surface area contributed by atoms with E-state index in [1.165, 1.54) is 0 Å². The van der Waals surface area contributed by atoms with Gasteiger partial charge in [-0.2, -0.15) is 4.98 Å². The molecule has 1 aromatic heterocycles. The van der Waals surface area contributed by atoms with Crippen LogP contribution in [0.15, 0.2) is 22.7 Å². The molecule has 0 spiro atoms. The summed E-state index contributed by atoms with van der Waals surface area (Å²) in [5.41, 5.74) is 8.54. The summed E-state index contributed by atoms with van der Waals surface area (Å²) in [5.74, 6) is 1.78. The van der Waals surface area contributed by atoms with Gasteiger partial charge in [0.15, 0.2) is 5.82 Å². The number of nitrogens with two attached hydrogens (primary N) is 1. The van der Waals surface area contributed by atoms with Crippen molar-refractivity contribution in [3.05, 3.63) is 29.6 Å². The quantitative estimate of drug-likeness (QED) is 0.855.